The summed E-state index contributed by atoms with van der Waals surface area (Å²) in [5.74, 6) is 2.66. The molecule has 6 heteroatoms. The fourth-order valence-electron chi connectivity index (χ4n) is 2.53. The number of benzene rings is 1. The average molecular weight is 434 g/mol. The van der Waals surface area contributed by atoms with Crippen molar-refractivity contribution in [2.24, 2.45) is 5.92 Å². The molecule has 1 aromatic carbocycles. The highest BCUT2D eigenvalue weighted by Gasteiger charge is 2.32. The molecular formula is C23H35NO3SSi. The molecule has 0 aliphatic carbocycles. The second kappa shape index (κ2) is 10.9. The van der Waals surface area contributed by atoms with E-state index in [1.807, 2.05) is 65.0 Å². The van der Waals surface area contributed by atoms with E-state index >= 15 is 0 Å². The molecule has 0 aliphatic rings. The molecule has 29 heavy (non-hydrogen) atoms. The molecule has 1 amide bonds. The van der Waals surface area contributed by atoms with Crippen molar-refractivity contribution < 1.29 is 14.3 Å². The Balaban J connectivity index is 3.00. The summed E-state index contributed by atoms with van der Waals surface area (Å²) in [6.45, 7) is 16.2. The summed E-state index contributed by atoms with van der Waals surface area (Å²) in [5.41, 5.74) is 4.25. The molecule has 0 saturated heterocycles. The summed E-state index contributed by atoms with van der Waals surface area (Å²) in [4.78, 5) is 25.5. The normalized spacial score (nSPS) is 14.8. The van der Waals surface area contributed by atoms with Crippen LogP contribution < -0.4 is 5.32 Å². The van der Waals surface area contributed by atoms with Crippen molar-refractivity contribution in [2.45, 2.75) is 77.6 Å². The van der Waals surface area contributed by atoms with Gasteiger partial charge in [-0.15, -0.1) is 5.54 Å². The number of carbonyl (C=O) groups excluding carboxylic acids is 2. The quantitative estimate of drug-likeness (QED) is 0.454. The first-order valence-electron chi connectivity index (χ1n) is 10.1. The van der Waals surface area contributed by atoms with E-state index in [2.05, 4.69) is 36.4 Å². The lowest BCUT2D eigenvalue weighted by Gasteiger charge is -2.25. The predicted octanol–water partition coefficient (Wildman–Crippen LogP) is 5.81. The van der Waals surface area contributed by atoms with Crippen LogP contribution in [0.3, 0.4) is 0 Å². The average Bonchev–Trinajstić information content (AvgIpc) is 2.58. The number of thioether (sulfide) groups is 1. The Labute approximate surface area is 181 Å². The van der Waals surface area contributed by atoms with Crippen molar-refractivity contribution in [3.8, 4) is 11.5 Å². The van der Waals surface area contributed by atoms with E-state index in [0.717, 1.165) is 5.56 Å². The molecule has 0 heterocycles. The molecule has 1 rings (SSSR count). The summed E-state index contributed by atoms with van der Waals surface area (Å²) < 4.78 is 5.49. The van der Waals surface area contributed by atoms with Crippen LogP contribution >= 0.6 is 11.8 Å². The number of alkyl carbamates (subject to hydrolysis) is 1. The topological polar surface area (TPSA) is 55.4 Å². The molecular weight excluding hydrogens is 398 g/mol. The fourth-order valence-corrected chi connectivity index (χ4v) is 4.15. The molecule has 0 fully saturated rings. The van der Waals surface area contributed by atoms with Crippen LogP contribution in [0.15, 0.2) is 30.3 Å². The van der Waals surface area contributed by atoms with Gasteiger partial charge in [-0.2, -0.15) is 0 Å². The monoisotopic (exact) mass is 433 g/mol. The van der Waals surface area contributed by atoms with E-state index < -0.39 is 26.2 Å². The molecule has 0 radical (unpaired) electrons. The van der Waals surface area contributed by atoms with Gasteiger partial charge in [0.25, 0.3) is 0 Å². The maximum Gasteiger partial charge on any atom is 0.408 e. The SMILES string of the molecule is CC[C@@H](C(=O)SC(C)(C)C)[C@H](C#C[Si](C)(C)C)OC(=O)N[C@@H](C)c1ccccc1. The fraction of sp³-hybridized carbons (Fsp3) is 0.565. The van der Waals surface area contributed by atoms with Crippen LogP contribution in [0.5, 0.6) is 0 Å². The molecule has 0 saturated carbocycles. The van der Waals surface area contributed by atoms with E-state index in [-0.39, 0.29) is 15.9 Å². The number of hydrogen-bond donors (Lipinski definition) is 1. The lowest BCUT2D eigenvalue weighted by molar-refractivity contribution is -0.116. The molecule has 3 atom stereocenters. The zero-order valence-electron chi connectivity index (χ0n) is 19.0. The van der Waals surface area contributed by atoms with E-state index in [9.17, 15) is 9.59 Å². The Morgan fingerprint density at radius 2 is 1.76 bits per heavy atom. The second-order valence-electron chi connectivity index (χ2n) is 9.17. The first-order chi connectivity index (χ1) is 13.3. The van der Waals surface area contributed by atoms with Crippen molar-refractivity contribution in [3.05, 3.63) is 35.9 Å². The number of hydrogen-bond acceptors (Lipinski definition) is 4. The van der Waals surface area contributed by atoms with Gasteiger partial charge in [0.15, 0.2) is 11.2 Å². The van der Waals surface area contributed by atoms with E-state index in [1.165, 1.54) is 11.8 Å². The van der Waals surface area contributed by atoms with Crippen LogP contribution in [0.4, 0.5) is 4.79 Å². The number of carbonyl (C=O) groups is 2. The smallest absolute Gasteiger partial charge is 0.408 e. The summed E-state index contributed by atoms with van der Waals surface area (Å²) in [6, 6.07) is 9.49. The third-order valence-electron chi connectivity index (χ3n) is 3.97. The van der Waals surface area contributed by atoms with Gasteiger partial charge >= 0.3 is 6.09 Å². The van der Waals surface area contributed by atoms with Gasteiger partial charge in [0.05, 0.1) is 12.0 Å². The largest absolute Gasteiger partial charge is 0.432 e. The van der Waals surface area contributed by atoms with Crippen molar-refractivity contribution in [1.29, 1.82) is 0 Å². The van der Waals surface area contributed by atoms with Crippen LogP contribution in [0.1, 0.15) is 52.6 Å². The number of ether oxygens (including phenoxy) is 1. The number of nitrogens with one attached hydrogen (secondary N) is 1. The molecule has 0 aromatic heterocycles. The minimum absolute atomic E-state index is 0.0128. The molecule has 0 aliphatic heterocycles. The van der Waals surface area contributed by atoms with Crippen molar-refractivity contribution in [3.63, 3.8) is 0 Å². The number of amides is 1. The third-order valence-corrected chi connectivity index (χ3v) is 5.98. The first kappa shape index (κ1) is 25.3. The lowest BCUT2D eigenvalue weighted by Crippen LogP contribution is -2.37. The van der Waals surface area contributed by atoms with Gasteiger partial charge in [-0.1, -0.05) is 95.4 Å². The van der Waals surface area contributed by atoms with Gasteiger partial charge in [0, 0.05) is 4.75 Å². The minimum atomic E-state index is -1.69. The van der Waals surface area contributed by atoms with Gasteiger partial charge in [-0.25, -0.2) is 4.79 Å². The zero-order chi connectivity index (χ0) is 22.2. The Morgan fingerprint density at radius 3 is 2.24 bits per heavy atom. The molecule has 0 bridgehead atoms. The molecule has 160 valence electrons. The maximum atomic E-state index is 12.9. The summed E-state index contributed by atoms with van der Waals surface area (Å²) in [5, 5.41) is 2.87. The van der Waals surface area contributed by atoms with Crippen LogP contribution in [-0.2, 0) is 9.53 Å². The Morgan fingerprint density at radius 1 is 1.17 bits per heavy atom. The van der Waals surface area contributed by atoms with Gasteiger partial charge in [-0.05, 0) is 18.9 Å². The number of rotatable bonds is 6. The van der Waals surface area contributed by atoms with Crippen LogP contribution in [-0.4, -0.2) is 30.1 Å². The van der Waals surface area contributed by atoms with Gasteiger partial charge in [0.2, 0.25) is 0 Å². The maximum absolute atomic E-state index is 12.9. The summed E-state index contributed by atoms with van der Waals surface area (Å²) in [6.07, 6.45) is -0.741. The highest BCUT2D eigenvalue weighted by atomic mass is 32.2. The Bertz CT molecular complexity index is 741. The van der Waals surface area contributed by atoms with Crippen molar-refractivity contribution in [2.75, 3.05) is 0 Å². The lowest BCUT2D eigenvalue weighted by atomic mass is 10.0. The van der Waals surface area contributed by atoms with E-state index in [1.54, 1.807) is 0 Å². The van der Waals surface area contributed by atoms with Crippen LogP contribution in [0, 0.1) is 17.4 Å². The Kier molecular flexibility index (Phi) is 9.51. The first-order valence-corrected chi connectivity index (χ1v) is 14.4. The van der Waals surface area contributed by atoms with Crippen LogP contribution in [0.2, 0.25) is 19.6 Å². The summed E-state index contributed by atoms with van der Waals surface area (Å²) in [7, 11) is -1.69. The molecule has 0 spiro atoms. The third kappa shape index (κ3) is 10.0. The highest BCUT2D eigenvalue weighted by molar-refractivity contribution is 8.14. The van der Waals surface area contributed by atoms with Gasteiger partial charge in [-0.3, -0.25) is 4.79 Å². The van der Waals surface area contributed by atoms with Crippen molar-refractivity contribution in [1.82, 2.24) is 5.32 Å². The van der Waals surface area contributed by atoms with E-state index in [0.29, 0.717) is 6.42 Å². The standard InChI is InChI=1S/C23H35NO3SSi/c1-9-19(21(25)28-23(3,4)5)20(15-16-29(6,7)8)27-22(26)24-17(2)18-13-11-10-12-14-18/h10-14,17,19-20H,9H2,1-8H3,(H,24,26)/t17-,19+,20-/m0/s1. The van der Waals surface area contributed by atoms with Gasteiger partial charge in [0.1, 0.15) is 8.07 Å². The molecule has 4 nitrogen and oxygen atoms in total. The Hall–Kier alpha value is -1.71. The molecule has 1 aromatic rings. The molecule has 0 unspecified atom stereocenters. The minimum Gasteiger partial charge on any atom is -0.432 e. The highest BCUT2D eigenvalue weighted by Crippen LogP contribution is 2.30. The van der Waals surface area contributed by atoms with E-state index in [4.69, 9.17) is 4.74 Å². The van der Waals surface area contributed by atoms with Gasteiger partial charge < -0.3 is 10.1 Å². The zero-order valence-corrected chi connectivity index (χ0v) is 20.8. The molecule has 1 N–H and O–H groups in total. The van der Waals surface area contributed by atoms with Crippen LogP contribution in [0.25, 0.3) is 0 Å². The predicted molar refractivity (Wildman–Crippen MR) is 126 cm³/mol. The summed E-state index contributed by atoms with van der Waals surface area (Å²) >= 11 is 1.28. The second-order valence-corrected chi connectivity index (χ2v) is 15.8. The van der Waals surface area contributed by atoms with Crippen molar-refractivity contribution >= 4 is 31.0 Å².